The molecular formula is C12H13N3O2. The third kappa shape index (κ3) is 2.70. The van der Waals surface area contributed by atoms with Crippen molar-refractivity contribution in [2.45, 2.75) is 13.0 Å². The number of aryl methyl sites for hydroxylation is 1. The molecule has 0 aliphatic carbocycles. The molecule has 1 aromatic heterocycles. The average molecular weight is 231 g/mol. The first kappa shape index (κ1) is 11.3. The van der Waals surface area contributed by atoms with Crippen molar-refractivity contribution < 1.29 is 9.32 Å². The van der Waals surface area contributed by atoms with Gasteiger partial charge >= 0.3 is 0 Å². The number of anilines is 1. The van der Waals surface area contributed by atoms with Crippen LogP contribution in [0.4, 0.5) is 5.88 Å². The van der Waals surface area contributed by atoms with Crippen LogP contribution < -0.4 is 11.1 Å². The molecule has 3 N–H and O–H groups in total. The zero-order chi connectivity index (χ0) is 12.3. The molecule has 0 saturated carbocycles. The number of carbonyl (C=O) groups is 1. The second-order valence-electron chi connectivity index (χ2n) is 3.71. The van der Waals surface area contributed by atoms with Crippen molar-refractivity contribution in [3.63, 3.8) is 0 Å². The Morgan fingerprint density at radius 3 is 2.71 bits per heavy atom. The van der Waals surface area contributed by atoms with E-state index in [1.807, 2.05) is 18.2 Å². The van der Waals surface area contributed by atoms with Gasteiger partial charge in [-0.05, 0) is 12.5 Å². The smallest absolute Gasteiger partial charge is 0.248 e. The highest BCUT2D eigenvalue weighted by molar-refractivity contribution is 5.94. The highest BCUT2D eigenvalue weighted by Crippen LogP contribution is 2.14. The molecular weight excluding hydrogens is 218 g/mol. The molecule has 2 aromatic rings. The molecule has 1 amide bonds. The maximum absolute atomic E-state index is 11.8. The van der Waals surface area contributed by atoms with Crippen LogP contribution in [-0.2, 0) is 4.79 Å². The van der Waals surface area contributed by atoms with Gasteiger partial charge in [-0.15, -0.1) is 0 Å². The summed E-state index contributed by atoms with van der Waals surface area (Å²) in [6.07, 6.45) is 0. The zero-order valence-electron chi connectivity index (χ0n) is 9.38. The number of benzene rings is 1. The molecule has 0 aliphatic rings. The third-order valence-corrected chi connectivity index (χ3v) is 2.32. The van der Waals surface area contributed by atoms with Crippen molar-refractivity contribution in [3.05, 3.63) is 47.7 Å². The molecule has 0 fully saturated rings. The highest BCUT2D eigenvalue weighted by atomic mass is 16.5. The van der Waals surface area contributed by atoms with Crippen molar-refractivity contribution in [2.75, 3.05) is 5.32 Å². The summed E-state index contributed by atoms with van der Waals surface area (Å²) >= 11 is 0. The number of hydrogen-bond acceptors (Lipinski definition) is 4. The lowest BCUT2D eigenvalue weighted by Crippen LogP contribution is -2.27. The molecule has 1 heterocycles. The molecule has 5 heteroatoms. The zero-order valence-corrected chi connectivity index (χ0v) is 9.38. The van der Waals surface area contributed by atoms with Gasteiger partial charge in [0.05, 0.1) is 5.69 Å². The molecule has 88 valence electrons. The Bertz CT molecular complexity index is 507. The summed E-state index contributed by atoms with van der Waals surface area (Å²) in [5, 5.41) is 6.24. The van der Waals surface area contributed by atoms with Crippen LogP contribution in [0.25, 0.3) is 0 Å². The van der Waals surface area contributed by atoms with E-state index >= 15 is 0 Å². The van der Waals surface area contributed by atoms with Crippen molar-refractivity contribution in [1.82, 2.24) is 5.16 Å². The summed E-state index contributed by atoms with van der Waals surface area (Å²) in [5.41, 5.74) is 7.27. The summed E-state index contributed by atoms with van der Waals surface area (Å²) in [6, 6.07) is 10.1. The number of nitrogens with one attached hydrogen (secondary N) is 1. The van der Waals surface area contributed by atoms with Crippen LogP contribution in [0.3, 0.4) is 0 Å². The molecule has 0 spiro atoms. The fourth-order valence-electron chi connectivity index (χ4n) is 1.43. The minimum Gasteiger partial charge on any atom is -0.338 e. The quantitative estimate of drug-likeness (QED) is 0.841. The monoisotopic (exact) mass is 231 g/mol. The van der Waals surface area contributed by atoms with Crippen LogP contribution in [0, 0.1) is 6.92 Å². The van der Waals surface area contributed by atoms with E-state index in [1.165, 1.54) is 0 Å². The fraction of sp³-hybridized carbons (Fsp3) is 0.167. The molecule has 0 radical (unpaired) electrons. The largest absolute Gasteiger partial charge is 0.338 e. The second-order valence-corrected chi connectivity index (χ2v) is 3.71. The molecule has 17 heavy (non-hydrogen) atoms. The highest BCUT2D eigenvalue weighted by Gasteiger charge is 2.16. The summed E-state index contributed by atoms with van der Waals surface area (Å²) in [5.74, 6) is -0.0220. The molecule has 1 atom stereocenters. The van der Waals surface area contributed by atoms with E-state index in [1.54, 1.807) is 25.1 Å². The van der Waals surface area contributed by atoms with E-state index in [0.29, 0.717) is 11.6 Å². The summed E-state index contributed by atoms with van der Waals surface area (Å²) in [4.78, 5) is 11.8. The van der Waals surface area contributed by atoms with Crippen LogP contribution in [-0.4, -0.2) is 11.1 Å². The second kappa shape index (κ2) is 4.80. The Morgan fingerprint density at radius 1 is 1.41 bits per heavy atom. The van der Waals surface area contributed by atoms with Crippen LogP contribution in [0.1, 0.15) is 17.3 Å². The normalized spacial score (nSPS) is 12.1. The summed E-state index contributed by atoms with van der Waals surface area (Å²) in [7, 11) is 0. The van der Waals surface area contributed by atoms with E-state index in [0.717, 1.165) is 5.56 Å². The van der Waals surface area contributed by atoms with Crippen molar-refractivity contribution >= 4 is 11.8 Å². The van der Waals surface area contributed by atoms with Gasteiger partial charge in [0.15, 0.2) is 0 Å². The maximum Gasteiger partial charge on any atom is 0.248 e. The van der Waals surface area contributed by atoms with Gasteiger partial charge in [0.1, 0.15) is 6.04 Å². The SMILES string of the molecule is Cc1cc(NC(=O)[C@@H](N)c2ccccc2)on1. The maximum atomic E-state index is 11.8. The van der Waals surface area contributed by atoms with Crippen LogP contribution in [0.5, 0.6) is 0 Å². The van der Waals surface area contributed by atoms with E-state index in [9.17, 15) is 4.79 Å². The van der Waals surface area contributed by atoms with Gasteiger partial charge < -0.3 is 10.3 Å². The number of aromatic nitrogens is 1. The molecule has 0 aliphatic heterocycles. The van der Waals surface area contributed by atoms with Crippen molar-refractivity contribution in [3.8, 4) is 0 Å². The molecule has 1 aromatic carbocycles. The minimum absolute atomic E-state index is 0.305. The van der Waals surface area contributed by atoms with Gasteiger partial charge in [-0.25, -0.2) is 0 Å². The molecule has 5 nitrogen and oxygen atoms in total. The Kier molecular flexibility index (Phi) is 3.20. The minimum atomic E-state index is -0.721. The Hall–Kier alpha value is -2.14. The molecule has 0 unspecified atom stereocenters. The molecule has 0 saturated heterocycles. The number of rotatable bonds is 3. The lowest BCUT2D eigenvalue weighted by Gasteiger charge is -2.10. The van der Waals surface area contributed by atoms with Crippen molar-refractivity contribution in [1.29, 1.82) is 0 Å². The first-order chi connectivity index (χ1) is 8.16. The average Bonchev–Trinajstić information content (AvgIpc) is 2.75. The number of carbonyl (C=O) groups excluding carboxylic acids is 1. The summed E-state index contributed by atoms with van der Waals surface area (Å²) in [6.45, 7) is 1.77. The van der Waals surface area contributed by atoms with Gasteiger partial charge in [0.25, 0.3) is 0 Å². The van der Waals surface area contributed by atoms with E-state index < -0.39 is 6.04 Å². The molecule has 0 bridgehead atoms. The number of nitrogens with zero attached hydrogens (tertiary/aromatic N) is 1. The third-order valence-electron chi connectivity index (χ3n) is 2.32. The van der Waals surface area contributed by atoms with Crippen LogP contribution >= 0.6 is 0 Å². The molecule has 2 rings (SSSR count). The van der Waals surface area contributed by atoms with E-state index in [2.05, 4.69) is 10.5 Å². The van der Waals surface area contributed by atoms with Gasteiger partial charge in [-0.2, -0.15) is 0 Å². The fourth-order valence-corrected chi connectivity index (χ4v) is 1.43. The predicted molar refractivity (Wildman–Crippen MR) is 63.2 cm³/mol. The van der Waals surface area contributed by atoms with Crippen LogP contribution in [0.15, 0.2) is 40.9 Å². The van der Waals surface area contributed by atoms with E-state index in [4.69, 9.17) is 10.3 Å². The van der Waals surface area contributed by atoms with Crippen molar-refractivity contribution in [2.24, 2.45) is 5.73 Å². The number of nitrogens with two attached hydrogens (primary N) is 1. The van der Waals surface area contributed by atoms with Gasteiger partial charge in [0, 0.05) is 6.07 Å². The van der Waals surface area contributed by atoms with Crippen LogP contribution in [0.2, 0.25) is 0 Å². The standard InChI is InChI=1S/C12H13N3O2/c1-8-7-10(17-15-8)14-12(16)11(13)9-5-3-2-4-6-9/h2-7,11H,13H2,1H3,(H,14,16)/t11-/m0/s1. The first-order valence-electron chi connectivity index (χ1n) is 5.21. The lowest BCUT2D eigenvalue weighted by molar-refractivity contribution is -0.117. The van der Waals surface area contributed by atoms with Gasteiger partial charge in [0.2, 0.25) is 11.8 Å². The van der Waals surface area contributed by atoms with E-state index in [-0.39, 0.29) is 5.91 Å². The van der Waals surface area contributed by atoms with Gasteiger partial charge in [-0.3, -0.25) is 10.1 Å². The van der Waals surface area contributed by atoms with Gasteiger partial charge in [-0.1, -0.05) is 35.5 Å². The lowest BCUT2D eigenvalue weighted by atomic mass is 10.1. The Labute approximate surface area is 98.6 Å². The number of hydrogen-bond donors (Lipinski definition) is 2. The number of amides is 1. The summed E-state index contributed by atoms with van der Waals surface area (Å²) < 4.78 is 4.88. The predicted octanol–water partition coefficient (Wildman–Crippen LogP) is 1.62. The first-order valence-corrected chi connectivity index (χ1v) is 5.21. The Morgan fingerprint density at radius 2 is 2.12 bits per heavy atom. The Balaban J connectivity index is 2.06. The topological polar surface area (TPSA) is 81.2 Å².